The molecule has 0 spiro atoms. The molecule has 4 nitrogen and oxygen atoms in total. The van der Waals surface area contributed by atoms with Crippen LogP contribution in [0.25, 0.3) is 0 Å². The Balaban J connectivity index is 3.38. The molecule has 0 aromatic heterocycles. The SMILES string of the molecule is CC(C)COCCNC(=O)CNC(C)(C)C. The Labute approximate surface area is 99.1 Å². The Hall–Kier alpha value is -0.610. The lowest BCUT2D eigenvalue weighted by atomic mass is 10.1. The van der Waals surface area contributed by atoms with Crippen molar-refractivity contribution in [2.45, 2.75) is 40.2 Å². The van der Waals surface area contributed by atoms with Crippen LogP contribution in [-0.4, -0.2) is 37.7 Å². The average molecular weight is 230 g/mol. The molecule has 0 fully saturated rings. The standard InChI is InChI=1S/C12H26N2O2/c1-10(2)9-16-7-6-13-11(15)8-14-12(3,4)5/h10,14H,6-9H2,1-5H3,(H,13,15). The van der Waals surface area contributed by atoms with E-state index in [2.05, 4.69) is 24.5 Å². The third-order valence-corrected chi connectivity index (χ3v) is 1.80. The zero-order chi connectivity index (χ0) is 12.6. The van der Waals surface area contributed by atoms with Crippen molar-refractivity contribution in [2.24, 2.45) is 5.92 Å². The number of ether oxygens (including phenoxy) is 1. The summed E-state index contributed by atoms with van der Waals surface area (Å²) in [6.45, 7) is 12.6. The van der Waals surface area contributed by atoms with Crippen molar-refractivity contribution in [2.75, 3.05) is 26.3 Å². The Morgan fingerprint density at radius 2 is 1.94 bits per heavy atom. The average Bonchev–Trinajstić information content (AvgIpc) is 2.12. The molecule has 0 aliphatic heterocycles. The molecule has 0 saturated heterocycles. The first-order valence-corrected chi connectivity index (χ1v) is 5.91. The maximum absolute atomic E-state index is 11.4. The smallest absolute Gasteiger partial charge is 0.234 e. The quantitative estimate of drug-likeness (QED) is 0.645. The van der Waals surface area contributed by atoms with Gasteiger partial charge in [-0.3, -0.25) is 4.79 Å². The Kier molecular flexibility index (Phi) is 7.34. The van der Waals surface area contributed by atoms with Crippen LogP contribution in [0.15, 0.2) is 0 Å². The minimum Gasteiger partial charge on any atom is -0.379 e. The highest BCUT2D eigenvalue weighted by atomic mass is 16.5. The minimum atomic E-state index is -0.0223. The monoisotopic (exact) mass is 230 g/mol. The number of rotatable bonds is 7. The molecule has 0 heterocycles. The van der Waals surface area contributed by atoms with Gasteiger partial charge in [0.1, 0.15) is 0 Å². The highest BCUT2D eigenvalue weighted by Crippen LogP contribution is 1.96. The number of hydrogen-bond donors (Lipinski definition) is 2. The summed E-state index contributed by atoms with van der Waals surface area (Å²) < 4.78 is 5.36. The topological polar surface area (TPSA) is 50.4 Å². The summed E-state index contributed by atoms with van der Waals surface area (Å²) in [6, 6.07) is 0. The van der Waals surface area contributed by atoms with Crippen molar-refractivity contribution in [3.05, 3.63) is 0 Å². The molecule has 0 saturated carbocycles. The van der Waals surface area contributed by atoms with E-state index in [0.29, 0.717) is 25.6 Å². The zero-order valence-corrected chi connectivity index (χ0v) is 11.2. The van der Waals surface area contributed by atoms with E-state index in [4.69, 9.17) is 4.74 Å². The molecule has 0 bridgehead atoms. The second kappa shape index (κ2) is 7.63. The fraction of sp³-hybridized carbons (Fsp3) is 0.917. The molecule has 0 radical (unpaired) electrons. The maximum Gasteiger partial charge on any atom is 0.234 e. The third-order valence-electron chi connectivity index (χ3n) is 1.80. The van der Waals surface area contributed by atoms with Crippen LogP contribution >= 0.6 is 0 Å². The predicted molar refractivity (Wildman–Crippen MR) is 66.4 cm³/mol. The van der Waals surface area contributed by atoms with Gasteiger partial charge in [0.25, 0.3) is 0 Å². The summed E-state index contributed by atoms with van der Waals surface area (Å²) in [6.07, 6.45) is 0. The summed E-state index contributed by atoms with van der Waals surface area (Å²) in [4.78, 5) is 11.4. The van der Waals surface area contributed by atoms with E-state index in [-0.39, 0.29) is 11.4 Å². The Bertz CT molecular complexity index is 198. The van der Waals surface area contributed by atoms with Crippen molar-refractivity contribution in [3.8, 4) is 0 Å². The van der Waals surface area contributed by atoms with Gasteiger partial charge in [0.05, 0.1) is 13.2 Å². The molecule has 0 aromatic carbocycles. The second-order valence-electron chi connectivity index (χ2n) is 5.42. The van der Waals surface area contributed by atoms with Crippen LogP contribution in [0.3, 0.4) is 0 Å². The van der Waals surface area contributed by atoms with Crippen molar-refractivity contribution in [1.29, 1.82) is 0 Å². The van der Waals surface area contributed by atoms with Crippen molar-refractivity contribution in [3.63, 3.8) is 0 Å². The fourth-order valence-electron chi connectivity index (χ4n) is 0.990. The fourth-order valence-corrected chi connectivity index (χ4v) is 0.990. The predicted octanol–water partition coefficient (Wildman–Crippen LogP) is 1.16. The van der Waals surface area contributed by atoms with E-state index >= 15 is 0 Å². The summed E-state index contributed by atoms with van der Waals surface area (Å²) in [7, 11) is 0. The molecule has 0 unspecified atom stereocenters. The molecule has 4 heteroatoms. The molecule has 96 valence electrons. The van der Waals surface area contributed by atoms with Gasteiger partial charge in [0, 0.05) is 18.7 Å². The van der Waals surface area contributed by atoms with Crippen LogP contribution in [0.5, 0.6) is 0 Å². The molecule has 2 N–H and O–H groups in total. The summed E-state index contributed by atoms with van der Waals surface area (Å²) in [5.41, 5.74) is -0.0223. The molecule has 0 atom stereocenters. The van der Waals surface area contributed by atoms with Crippen molar-refractivity contribution >= 4 is 5.91 Å². The van der Waals surface area contributed by atoms with E-state index in [1.807, 2.05) is 20.8 Å². The van der Waals surface area contributed by atoms with Gasteiger partial charge in [-0.1, -0.05) is 13.8 Å². The van der Waals surface area contributed by atoms with Crippen LogP contribution in [0.2, 0.25) is 0 Å². The van der Waals surface area contributed by atoms with Gasteiger partial charge in [-0.2, -0.15) is 0 Å². The largest absolute Gasteiger partial charge is 0.379 e. The number of amides is 1. The van der Waals surface area contributed by atoms with Crippen molar-refractivity contribution < 1.29 is 9.53 Å². The number of carbonyl (C=O) groups is 1. The Morgan fingerprint density at radius 1 is 1.31 bits per heavy atom. The highest BCUT2D eigenvalue weighted by Gasteiger charge is 2.10. The molecule has 0 aromatic rings. The van der Waals surface area contributed by atoms with E-state index in [9.17, 15) is 4.79 Å². The normalized spacial score (nSPS) is 11.9. The van der Waals surface area contributed by atoms with Crippen LogP contribution in [-0.2, 0) is 9.53 Å². The molecule has 1 amide bonds. The van der Waals surface area contributed by atoms with E-state index in [0.717, 1.165) is 6.61 Å². The molecule has 16 heavy (non-hydrogen) atoms. The molecule has 0 rings (SSSR count). The number of nitrogens with one attached hydrogen (secondary N) is 2. The minimum absolute atomic E-state index is 0.0167. The molecular formula is C12H26N2O2. The van der Waals surface area contributed by atoms with Crippen molar-refractivity contribution in [1.82, 2.24) is 10.6 Å². The van der Waals surface area contributed by atoms with E-state index < -0.39 is 0 Å². The lowest BCUT2D eigenvalue weighted by molar-refractivity contribution is -0.120. The first-order valence-electron chi connectivity index (χ1n) is 5.91. The van der Waals surface area contributed by atoms with Gasteiger partial charge in [-0.15, -0.1) is 0 Å². The van der Waals surface area contributed by atoms with Gasteiger partial charge < -0.3 is 15.4 Å². The van der Waals surface area contributed by atoms with Gasteiger partial charge in [-0.05, 0) is 26.7 Å². The third kappa shape index (κ3) is 11.5. The first kappa shape index (κ1) is 15.4. The van der Waals surface area contributed by atoms with Gasteiger partial charge in [0.15, 0.2) is 0 Å². The number of hydrogen-bond acceptors (Lipinski definition) is 3. The maximum atomic E-state index is 11.4. The second-order valence-corrected chi connectivity index (χ2v) is 5.42. The van der Waals surface area contributed by atoms with E-state index in [1.54, 1.807) is 0 Å². The summed E-state index contributed by atoms with van der Waals surface area (Å²) >= 11 is 0. The highest BCUT2D eigenvalue weighted by molar-refractivity contribution is 5.78. The first-order chi connectivity index (χ1) is 7.31. The molecule has 0 aliphatic rings. The van der Waals surface area contributed by atoms with Crippen LogP contribution < -0.4 is 10.6 Å². The lowest BCUT2D eigenvalue weighted by Gasteiger charge is -2.20. The molecular weight excluding hydrogens is 204 g/mol. The Morgan fingerprint density at radius 3 is 2.44 bits per heavy atom. The van der Waals surface area contributed by atoms with Gasteiger partial charge >= 0.3 is 0 Å². The van der Waals surface area contributed by atoms with Crippen LogP contribution in [0.4, 0.5) is 0 Å². The summed E-state index contributed by atoms with van der Waals surface area (Å²) in [5, 5.41) is 5.93. The lowest BCUT2D eigenvalue weighted by Crippen LogP contribution is -2.43. The van der Waals surface area contributed by atoms with Gasteiger partial charge in [0.2, 0.25) is 5.91 Å². The zero-order valence-electron chi connectivity index (χ0n) is 11.2. The molecule has 0 aliphatic carbocycles. The summed E-state index contributed by atoms with van der Waals surface area (Å²) in [5.74, 6) is 0.557. The van der Waals surface area contributed by atoms with E-state index in [1.165, 1.54) is 0 Å². The van der Waals surface area contributed by atoms with Crippen LogP contribution in [0.1, 0.15) is 34.6 Å². The number of carbonyl (C=O) groups excluding carboxylic acids is 1. The van der Waals surface area contributed by atoms with Gasteiger partial charge in [-0.25, -0.2) is 0 Å². The van der Waals surface area contributed by atoms with Crippen LogP contribution in [0, 0.1) is 5.92 Å².